The zero-order valence-corrected chi connectivity index (χ0v) is 15.4. The maximum absolute atomic E-state index is 12.2. The average Bonchev–Trinajstić information content (AvgIpc) is 2.85. The third-order valence-electron chi connectivity index (χ3n) is 4.73. The maximum atomic E-state index is 12.2. The Bertz CT molecular complexity index is 722. The molecular weight excluding hydrogens is 342 g/mol. The van der Waals surface area contributed by atoms with Crippen LogP contribution in [0.4, 0.5) is 0 Å². The summed E-state index contributed by atoms with van der Waals surface area (Å²) in [5.74, 6) is -0.906. The predicted molar refractivity (Wildman–Crippen MR) is 95.7 cm³/mol. The molecule has 1 aliphatic heterocycles. The Hall–Kier alpha value is -1.77. The first-order chi connectivity index (χ1) is 11.7. The third kappa shape index (κ3) is 4.45. The summed E-state index contributed by atoms with van der Waals surface area (Å²) in [6.45, 7) is 4.08. The molecule has 3 N–H and O–H groups in total. The Kier molecular flexibility index (Phi) is 5.97. The van der Waals surface area contributed by atoms with Crippen LogP contribution in [0, 0.1) is 0 Å². The number of benzene rings is 1. The summed E-state index contributed by atoms with van der Waals surface area (Å²) in [7, 11) is -3.51. The molecule has 0 radical (unpaired) electrons. The van der Waals surface area contributed by atoms with Gasteiger partial charge in [0.25, 0.3) is 11.8 Å². The average molecular weight is 367 g/mol. The summed E-state index contributed by atoms with van der Waals surface area (Å²) in [4.78, 5) is 25.5. The first kappa shape index (κ1) is 19.6. The van der Waals surface area contributed by atoms with Crippen LogP contribution in [0.25, 0.3) is 0 Å². The number of hydrogen-bond donors (Lipinski definition) is 2. The summed E-state index contributed by atoms with van der Waals surface area (Å²) in [6, 6.07) is 6.60. The van der Waals surface area contributed by atoms with Crippen LogP contribution in [0.5, 0.6) is 0 Å². The van der Waals surface area contributed by atoms with E-state index in [9.17, 15) is 18.0 Å². The normalized spacial score (nSPS) is 14.9. The zero-order chi connectivity index (χ0) is 18.7. The van der Waals surface area contributed by atoms with Crippen molar-refractivity contribution in [2.24, 2.45) is 5.73 Å². The van der Waals surface area contributed by atoms with Crippen LogP contribution in [0.1, 0.15) is 53.8 Å². The van der Waals surface area contributed by atoms with Gasteiger partial charge in [-0.25, -0.2) is 13.1 Å². The lowest BCUT2D eigenvalue weighted by atomic mass is 9.95. The molecule has 0 saturated carbocycles. The van der Waals surface area contributed by atoms with Gasteiger partial charge in [0.05, 0.1) is 16.9 Å². The van der Waals surface area contributed by atoms with Crippen molar-refractivity contribution in [1.82, 2.24) is 9.62 Å². The van der Waals surface area contributed by atoms with E-state index in [1.807, 2.05) is 13.8 Å². The molecule has 0 aromatic heterocycles. The second kappa shape index (κ2) is 7.63. The molecule has 0 fully saturated rings. The van der Waals surface area contributed by atoms with Crippen molar-refractivity contribution in [3.8, 4) is 0 Å². The summed E-state index contributed by atoms with van der Waals surface area (Å²) in [6.07, 6.45) is 1.51. The molecule has 1 heterocycles. The number of imide groups is 1. The first-order valence-electron chi connectivity index (χ1n) is 8.44. The molecule has 8 heteroatoms. The Balaban J connectivity index is 1.89. The number of nitrogens with two attached hydrogens (primary N) is 1. The molecule has 7 nitrogen and oxygen atoms in total. The highest BCUT2D eigenvalue weighted by molar-refractivity contribution is 7.89. The topological polar surface area (TPSA) is 110 Å². The van der Waals surface area contributed by atoms with Crippen LogP contribution in [0.2, 0.25) is 0 Å². The standard InChI is InChI=1S/C17H25N3O4S/c1-3-17(18,4-2)12-19-25(23,24)11-7-10-20-15(21)13-8-5-6-9-14(13)16(20)22/h5-6,8-9,19H,3-4,7,10-12,18H2,1-2H3. The summed E-state index contributed by atoms with van der Waals surface area (Å²) < 4.78 is 26.7. The van der Waals surface area contributed by atoms with Gasteiger partial charge in [-0.15, -0.1) is 0 Å². The maximum Gasteiger partial charge on any atom is 0.261 e. The van der Waals surface area contributed by atoms with E-state index in [2.05, 4.69) is 4.72 Å². The number of hydrogen-bond acceptors (Lipinski definition) is 5. The van der Waals surface area contributed by atoms with Crippen molar-refractivity contribution in [1.29, 1.82) is 0 Å². The smallest absolute Gasteiger partial charge is 0.261 e. The largest absolute Gasteiger partial charge is 0.324 e. The number of sulfonamides is 1. The van der Waals surface area contributed by atoms with Crippen molar-refractivity contribution < 1.29 is 18.0 Å². The van der Waals surface area contributed by atoms with E-state index in [1.165, 1.54) is 0 Å². The summed E-state index contributed by atoms with van der Waals surface area (Å²) in [5, 5.41) is 0. The Morgan fingerprint density at radius 1 is 1.08 bits per heavy atom. The predicted octanol–water partition coefficient (Wildman–Crippen LogP) is 1.11. The molecule has 0 spiro atoms. The lowest BCUT2D eigenvalue weighted by Crippen LogP contribution is -2.49. The van der Waals surface area contributed by atoms with Gasteiger partial charge in [0.1, 0.15) is 0 Å². The number of carbonyl (C=O) groups is 2. The van der Waals surface area contributed by atoms with E-state index in [0.717, 1.165) is 4.90 Å². The Labute approximate surface area is 148 Å². The molecule has 138 valence electrons. The quantitative estimate of drug-likeness (QED) is 0.635. The molecule has 0 unspecified atom stereocenters. The van der Waals surface area contributed by atoms with Gasteiger partial charge in [-0.2, -0.15) is 0 Å². The number of amides is 2. The fraction of sp³-hybridized carbons (Fsp3) is 0.529. The molecule has 1 aromatic carbocycles. The Morgan fingerprint density at radius 2 is 1.60 bits per heavy atom. The van der Waals surface area contributed by atoms with Crippen molar-refractivity contribution in [3.63, 3.8) is 0 Å². The molecule has 25 heavy (non-hydrogen) atoms. The molecule has 1 aliphatic rings. The highest BCUT2D eigenvalue weighted by Crippen LogP contribution is 2.22. The van der Waals surface area contributed by atoms with Gasteiger partial charge in [-0.3, -0.25) is 14.5 Å². The van der Waals surface area contributed by atoms with E-state index in [4.69, 9.17) is 5.73 Å². The summed E-state index contributed by atoms with van der Waals surface area (Å²) >= 11 is 0. The molecule has 0 bridgehead atoms. The SMILES string of the molecule is CCC(N)(CC)CNS(=O)(=O)CCCN1C(=O)c2ccccc2C1=O. The van der Waals surface area contributed by atoms with Gasteiger partial charge in [0.15, 0.2) is 0 Å². The van der Waals surface area contributed by atoms with Gasteiger partial charge >= 0.3 is 0 Å². The Morgan fingerprint density at radius 3 is 2.08 bits per heavy atom. The minimum atomic E-state index is -3.51. The van der Waals surface area contributed by atoms with Crippen molar-refractivity contribution in [2.45, 2.75) is 38.6 Å². The molecule has 2 rings (SSSR count). The molecule has 0 aliphatic carbocycles. The molecular formula is C17H25N3O4S. The molecule has 1 aromatic rings. The van der Waals surface area contributed by atoms with Gasteiger partial charge in [-0.05, 0) is 31.4 Å². The van der Waals surface area contributed by atoms with Gasteiger partial charge < -0.3 is 5.73 Å². The monoisotopic (exact) mass is 367 g/mol. The highest BCUT2D eigenvalue weighted by Gasteiger charge is 2.34. The number of carbonyl (C=O) groups excluding carboxylic acids is 2. The van der Waals surface area contributed by atoms with E-state index in [0.29, 0.717) is 24.0 Å². The van der Waals surface area contributed by atoms with Crippen LogP contribution >= 0.6 is 0 Å². The minimum Gasteiger partial charge on any atom is -0.324 e. The second-order valence-electron chi connectivity index (χ2n) is 6.37. The van der Waals surface area contributed by atoms with Crippen LogP contribution < -0.4 is 10.5 Å². The molecule has 0 saturated heterocycles. The molecule has 2 amide bonds. The summed E-state index contributed by atoms with van der Waals surface area (Å²) in [5.41, 5.74) is 6.27. The molecule has 0 atom stereocenters. The lowest BCUT2D eigenvalue weighted by Gasteiger charge is -2.26. The fourth-order valence-corrected chi connectivity index (χ4v) is 3.84. The minimum absolute atomic E-state index is 0.0720. The van der Waals surface area contributed by atoms with E-state index in [1.54, 1.807) is 24.3 Å². The zero-order valence-electron chi connectivity index (χ0n) is 14.6. The first-order valence-corrected chi connectivity index (χ1v) is 10.1. The van der Waals surface area contributed by atoms with E-state index >= 15 is 0 Å². The van der Waals surface area contributed by atoms with E-state index < -0.39 is 15.6 Å². The van der Waals surface area contributed by atoms with Gasteiger partial charge in [-0.1, -0.05) is 26.0 Å². The third-order valence-corrected chi connectivity index (χ3v) is 6.14. The van der Waals surface area contributed by atoms with Crippen molar-refractivity contribution >= 4 is 21.8 Å². The van der Waals surface area contributed by atoms with E-state index in [-0.39, 0.29) is 37.1 Å². The lowest BCUT2D eigenvalue weighted by molar-refractivity contribution is 0.0654. The highest BCUT2D eigenvalue weighted by atomic mass is 32.2. The van der Waals surface area contributed by atoms with Crippen LogP contribution in [-0.2, 0) is 10.0 Å². The fourth-order valence-electron chi connectivity index (χ4n) is 2.68. The van der Waals surface area contributed by atoms with Gasteiger partial charge in [0.2, 0.25) is 10.0 Å². The number of nitrogens with zero attached hydrogens (tertiary/aromatic N) is 1. The number of rotatable bonds is 9. The van der Waals surface area contributed by atoms with Crippen LogP contribution in [-0.4, -0.2) is 49.5 Å². The van der Waals surface area contributed by atoms with Crippen LogP contribution in [0.15, 0.2) is 24.3 Å². The number of fused-ring (bicyclic) bond motifs is 1. The van der Waals surface area contributed by atoms with Crippen molar-refractivity contribution in [2.75, 3.05) is 18.8 Å². The van der Waals surface area contributed by atoms with Crippen LogP contribution in [0.3, 0.4) is 0 Å². The number of nitrogens with one attached hydrogen (secondary N) is 1. The van der Waals surface area contributed by atoms with Crippen molar-refractivity contribution in [3.05, 3.63) is 35.4 Å². The second-order valence-corrected chi connectivity index (χ2v) is 8.30. The van der Waals surface area contributed by atoms with Gasteiger partial charge in [0, 0.05) is 18.6 Å².